The first-order valence-electron chi connectivity index (χ1n) is 5.40. The van der Waals surface area contributed by atoms with Gasteiger partial charge in [-0.15, -0.1) is 0 Å². The van der Waals surface area contributed by atoms with Crippen molar-refractivity contribution in [1.82, 2.24) is 19.7 Å². The lowest BCUT2D eigenvalue weighted by atomic mass is 9.93. The number of nitrogens with two attached hydrogens (primary N) is 1. The Morgan fingerprint density at radius 2 is 2.24 bits per heavy atom. The van der Waals surface area contributed by atoms with Crippen molar-refractivity contribution < 1.29 is 9.90 Å². The minimum absolute atomic E-state index is 0.0648. The molecule has 0 aliphatic heterocycles. The van der Waals surface area contributed by atoms with Crippen molar-refractivity contribution in [2.45, 2.75) is 25.3 Å². The van der Waals surface area contributed by atoms with Gasteiger partial charge in [-0.05, 0) is 19.3 Å². The van der Waals surface area contributed by atoms with Gasteiger partial charge in [-0.1, -0.05) is 0 Å². The van der Waals surface area contributed by atoms with Gasteiger partial charge < -0.3 is 10.8 Å². The van der Waals surface area contributed by atoms with Crippen molar-refractivity contribution in [3.63, 3.8) is 0 Å². The Bertz CT molecular complexity index is 602. The van der Waals surface area contributed by atoms with Crippen LogP contribution in [0.4, 0.5) is 5.82 Å². The van der Waals surface area contributed by atoms with Gasteiger partial charge in [0.05, 0.1) is 11.4 Å². The second-order valence-corrected chi connectivity index (χ2v) is 4.14. The number of hydrogen-bond acceptors (Lipinski definition) is 5. The highest BCUT2D eigenvalue weighted by atomic mass is 16.4. The molecule has 88 valence electrons. The normalized spacial score (nSPS) is 16.0. The van der Waals surface area contributed by atoms with Gasteiger partial charge >= 0.3 is 5.97 Å². The first-order chi connectivity index (χ1) is 8.18. The van der Waals surface area contributed by atoms with Crippen LogP contribution in [0.1, 0.15) is 35.8 Å². The van der Waals surface area contributed by atoms with Crippen molar-refractivity contribution >= 4 is 22.8 Å². The first kappa shape index (κ1) is 10.0. The number of hydrogen-bond donors (Lipinski definition) is 2. The third-order valence-electron chi connectivity index (χ3n) is 3.14. The Morgan fingerprint density at radius 3 is 2.82 bits per heavy atom. The predicted molar refractivity (Wildman–Crippen MR) is 59.6 cm³/mol. The summed E-state index contributed by atoms with van der Waals surface area (Å²) >= 11 is 0. The van der Waals surface area contributed by atoms with Crippen LogP contribution in [0.25, 0.3) is 11.0 Å². The standard InChI is InChI=1S/C10H11N5O2/c11-8-6-7(10(16)17)14-15(5-2-1-3-5)9(6)13-4-12-8/h4-5H,1-3H2,(H,16,17)(H2,11,12,13). The zero-order valence-electron chi connectivity index (χ0n) is 9.00. The van der Waals surface area contributed by atoms with E-state index < -0.39 is 5.97 Å². The van der Waals surface area contributed by atoms with Crippen LogP contribution in [0, 0.1) is 0 Å². The Morgan fingerprint density at radius 1 is 1.47 bits per heavy atom. The Balaban J connectivity index is 2.30. The van der Waals surface area contributed by atoms with E-state index in [9.17, 15) is 4.79 Å². The SMILES string of the molecule is Nc1ncnc2c1c(C(=O)O)nn2C1CCC1. The maximum absolute atomic E-state index is 11.1. The van der Waals surface area contributed by atoms with E-state index in [1.165, 1.54) is 6.33 Å². The first-order valence-corrected chi connectivity index (χ1v) is 5.40. The molecule has 0 unspecified atom stereocenters. The van der Waals surface area contributed by atoms with Gasteiger partial charge in [-0.3, -0.25) is 0 Å². The molecule has 0 amide bonds. The molecule has 1 fully saturated rings. The summed E-state index contributed by atoms with van der Waals surface area (Å²) in [7, 11) is 0. The van der Waals surface area contributed by atoms with Gasteiger partial charge in [0, 0.05) is 0 Å². The molecule has 7 nitrogen and oxygen atoms in total. The Hall–Kier alpha value is -2.18. The molecule has 1 saturated carbocycles. The van der Waals surface area contributed by atoms with Gasteiger partial charge in [0.25, 0.3) is 0 Å². The maximum atomic E-state index is 11.1. The van der Waals surface area contributed by atoms with Crippen molar-refractivity contribution in [1.29, 1.82) is 0 Å². The molecule has 17 heavy (non-hydrogen) atoms. The highest BCUT2D eigenvalue weighted by Crippen LogP contribution is 2.34. The molecule has 2 aromatic rings. The molecule has 0 radical (unpaired) electrons. The van der Waals surface area contributed by atoms with Gasteiger partial charge in [0.2, 0.25) is 0 Å². The summed E-state index contributed by atoms with van der Waals surface area (Å²) in [6, 6.07) is 0.236. The summed E-state index contributed by atoms with van der Waals surface area (Å²) in [5.74, 6) is -0.937. The number of fused-ring (bicyclic) bond motifs is 1. The molecule has 3 N–H and O–H groups in total. The molecule has 0 bridgehead atoms. The minimum atomic E-state index is -1.10. The van der Waals surface area contributed by atoms with E-state index in [0.29, 0.717) is 11.0 Å². The second-order valence-electron chi connectivity index (χ2n) is 4.14. The van der Waals surface area contributed by atoms with E-state index in [2.05, 4.69) is 15.1 Å². The summed E-state index contributed by atoms with van der Waals surface area (Å²) < 4.78 is 1.67. The van der Waals surface area contributed by atoms with Crippen molar-refractivity contribution in [3.8, 4) is 0 Å². The van der Waals surface area contributed by atoms with Crippen LogP contribution in [0.5, 0.6) is 0 Å². The molecule has 2 aromatic heterocycles. The van der Waals surface area contributed by atoms with E-state index in [-0.39, 0.29) is 17.6 Å². The molecule has 0 atom stereocenters. The lowest BCUT2D eigenvalue weighted by Gasteiger charge is -2.25. The summed E-state index contributed by atoms with van der Waals surface area (Å²) in [4.78, 5) is 19.0. The topological polar surface area (TPSA) is 107 Å². The summed E-state index contributed by atoms with van der Waals surface area (Å²) in [6.45, 7) is 0. The molecule has 1 aliphatic carbocycles. The molecule has 3 rings (SSSR count). The number of carbonyl (C=O) groups is 1. The second kappa shape index (κ2) is 3.41. The monoisotopic (exact) mass is 233 g/mol. The zero-order chi connectivity index (χ0) is 12.0. The van der Waals surface area contributed by atoms with Crippen LogP contribution in [-0.4, -0.2) is 30.8 Å². The maximum Gasteiger partial charge on any atom is 0.357 e. The van der Waals surface area contributed by atoms with E-state index in [0.717, 1.165) is 19.3 Å². The van der Waals surface area contributed by atoms with E-state index in [1.807, 2.05) is 0 Å². The number of carboxylic acid groups (broad SMARTS) is 1. The lowest BCUT2D eigenvalue weighted by Crippen LogP contribution is -2.19. The number of aromatic carboxylic acids is 1. The van der Waals surface area contributed by atoms with Crippen LogP contribution in [0.2, 0.25) is 0 Å². The van der Waals surface area contributed by atoms with E-state index >= 15 is 0 Å². The highest BCUT2D eigenvalue weighted by molar-refractivity contribution is 6.04. The summed E-state index contributed by atoms with van der Waals surface area (Å²) in [5.41, 5.74) is 6.15. The average Bonchev–Trinajstić information content (AvgIpc) is 2.57. The molecule has 0 spiro atoms. The smallest absolute Gasteiger partial charge is 0.357 e. The van der Waals surface area contributed by atoms with Crippen LogP contribution < -0.4 is 5.73 Å². The molecular formula is C10H11N5O2. The lowest BCUT2D eigenvalue weighted by molar-refractivity contribution is 0.0690. The average molecular weight is 233 g/mol. The van der Waals surface area contributed by atoms with Crippen LogP contribution in [0.3, 0.4) is 0 Å². The van der Waals surface area contributed by atoms with Crippen LogP contribution >= 0.6 is 0 Å². The fourth-order valence-corrected chi connectivity index (χ4v) is 2.03. The van der Waals surface area contributed by atoms with Gasteiger partial charge in [0.1, 0.15) is 12.1 Å². The fourth-order valence-electron chi connectivity index (χ4n) is 2.03. The molecule has 7 heteroatoms. The van der Waals surface area contributed by atoms with Crippen molar-refractivity contribution in [2.75, 3.05) is 5.73 Å². The Kier molecular flexibility index (Phi) is 2.01. The number of nitrogens with zero attached hydrogens (tertiary/aromatic N) is 4. The minimum Gasteiger partial charge on any atom is -0.476 e. The highest BCUT2D eigenvalue weighted by Gasteiger charge is 2.27. The molecule has 0 aromatic carbocycles. The quantitative estimate of drug-likeness (QED) is 0.795. The number of rotatable bonds is 2. The van der Waals surface area contributed by atoms with Crippen molar-refractivity contribution in [3.05, 3.63) is 12.0 Å². The number of carboxylic acids is 1. The molecule has 0 saturated heterocycles. The number of nitrogen functional groups attached to an aromatic ring is 1. The third-order valence-corrected chi connectivity index (χ3v) is 3.14. The number of aromatic nitrogens is 4. The van der Waals surface area contributed by atoms with Crippen molar-refractivity contribution in [2.24, 2.45) is 0 Å². The van der Waals surface area contributed by atoms with Crippen LogP contribution in [0.15, 0.2) is 6.33 Å². The Labute approximate surface area is 96.3 Å². The van der Waals surface area contributed by atoms with Crippen LogP contribution in [-0.2, 0) is 0 Å². The molecule has 1 aliphatic rings. The zero-order valence-corrected chi connectivity index (χ0v) is 9.00. The van der Waals surface area contributed by atoms with Gasteiger partial charge in [0.15, 0.2) is 11.3 Å². The molecule has 2 heterocycles. The third kappa shape index (κ3) is 1.35. The van der Waals surface area contributed by atoms with E-state index in [1.54, 1.807) is 4.68 Å². The largest absolute Gasteiger partial charge is 0.476 e. The van der Waals surface area contributed by atoms with Gasteiger partial charge in [-0.25, -0.2) is 19.4 Å². The van der Waals surface area contributed by atoms with E-state index in [4.69, 9.17) is 10.8 Å². The van der Waals surface area contributed by atoms with Gasteiger partial charge in [-0.2, -0.15) is 5.10 Å². The molecular weight excluding hydrogens is 222 g/mol. The fraction of sp³-hybridized carbons (Fsp3) is 0.400. The summed E-state index contributed by atoms with van der Waals surface area (Å²) in [6.07, 6.45) is 4.47. The summed E-state index contributed by atoms with van der Waals surface area (Å²) in [5, 5.41) is 13.6. The predicted octanol–water partition coefficient (Wildman–Crippen LogP) is 0.832. The number of anilines is 1.